The van der Waals surface area contributed by atoms with Crippen LogP contribution in [0.2, 0.25) is 0 Å². The average molecular weight is 381 g/mol. The maximum Gasteiger partial charge on any atom is 0.391 e. The number of hydroxylamine groups is 2. The van der Waals surface area contributed by atoms with Gasteiger partial charge in [0.15, 0.2) is 0 Å². The predicted molar refractivity (Wildman–Crippen MR) is 106 cm³/mol. The first-order chi connectivity index (χ1) is 12.2. The molecule has 0 unspecified atom stereocenters. The highest BCUT2D eigenvalue weighted by Gasteiger charge is 2.19. The molecule has 1 heterocycles. The summed E-state index contributed by atoms with van der Waals surface area (Å²) in [6, 6.07) is 9.71. The van der Waals surface area contributed by atoms with Crippen LogP contribution >= 0.6 is 23.4 Å². The van der Waals surface area contributed by atoms with Crippen LogP contribution in [0.25, 0.3) is 5.70 Å². The summed E-state index contributed by atoms with van der Waals surface area (Å²) in [6.07, 6.45) is 10.5. The second-order valence-corrected chi connectivity index (χ2v) is 7.24. The number of hydrogen-bond donors (Lipinski definition) is 1. The van der Waals surface area contributed by atoms with Gasteiger partial charge in [0.25, 0.3) is 0 Å². The number of hydrogen-bond acceptors (Lipinski definition) is 5. The van der Waals surface area contributed by atoms with Crippen molar-refractivity contribution in [3.63, 3.8) is 0 Å². The summed E-state index contributed by atoms with van der Waals surface area (Å²) in [5.41, 5.74) is 1.67. The molecule has 6 heteroatoms. The Balaban J connectivity index is 1.79. The van der Waals surface area contributed by atoms with Gasteiger partial charge in [0, 0.05) is 17.5 Å². The third-order valence-electron chi connectivity index (χ3n) is 3.78. The van der Waals surface area contributed by atoms with Crippen LogP contribution in [0, 0.1) is 0 Å². The first-order valence-corrected chi connectivity index (χ1v) is 10.1. The van der Waals surface area contributed by atoms with E-state index in [0.717, 1.165) is 29.9 Å². The van der Waals surface area contributed by atoms with E-state index in [9.17, 15) is 4.79 Å². The zero-order chi connectivity index (χ0) is 17.9. The van der Waals surface area contributed by atoms with E-state index >= 15 is 0 Å². The van der Waals surface area contributed by atoms with Crippen LogP contribution in [0.4, 0.5) is 4.79 Å². The van der Waals surface area contributed by atoms with E-state index < -0.39 is 0 Å². The van der Waals surface area contributed by atoms with Gasteiger partial charge in [-0.3, -0.25) is 0 Å². The Morgan fingerprint density at radius 2 is 1.88 bits per heavy atom. The zero-order valence-corrected chi connectivity index (χ0v) is 16.1. The highest BCUT2D eigenvalue weighted by atomic mass is 35.5. The highest BCUT2D eigenvalue weighted by molar-refractivity contribution is 8.13. The SMILES string of the molecule is CCCCCCCCSC(=O)ON1C=C(Cl)NC=C1c1ccccc1. The molecule has 1 aromatic rings. The van der Waals surface area contributed by atoms with Crippen LogP contribution in [0.3, 0.4) is 0 Å². The van der Waals surface area contributed by atoms with Crippen molar-refractivity contribution in [3.8, 4) is 0 Å². The molecule has 25 heavy (non-hydrogen) atoms. The van der Waals surface area contributed by atoms with Gasteiger partial charge in [-0.25, -0.2) is 4.79 Å². The molecule has 0 spiro atoms. The van der Waals surface area contributed by atoms with Crippen LogP contribution in [-0.4, -0.2) is 16.1 Å². The van der Waals surface area contributed by atoms with Gasteiger partial charge in [0.1, 0.15) is 10.9 Å². The minimum absolute atomic E-state index is 0.321. The average Bonchev–Trinajstić information content (AvgIpc) is 2.62. The predicted octanol–water partition coefficient (Wildman–Crippen LogP) is 6.07. The molecular weight excluding hydrogens is 356 g/mol. The molecule has 4 nitrogen and oxygen atoms in total. The molecule has 1 aliphatic heterocycles. The molecule has 1 aliphatic rings. The number of thioether (sulfide) groups is 1. The molecular formula is C19H25ClN2O2S. The largest absolute Gasteiger partial charge is 0.391 e. The van der Waals surface area contributed by atoms with E-state index in [4.69, 9.17) is 16.4 Å². The molecule has 0 aliphatic carbocycles. The van der Waals surface area contributed by atoms with E-state index in [0.29, 0.717) is 5.16 Å². The number of benzene rings is 1. The van der Waals surface area contributed by atoms with E-state index in [1.807, 2.05) is 30.3 Å². The van der Waals surface area contributed by atoms with Crippen molar-refractivity contribution in [2.24, 2.45) is 0 Å². The number of carbonyl (C=O) groups is 1. The van der Waals surface area contributed by atoms with Gasteiger partial charge in [-0.05, 0) is 18.2 Å². The monoisotopic (exact) mass is 380 g/mol. The van der Waals surface area contributed by atoms with Crippen LogP contribution in [0.5, 0.6) is 0 Å². The number of unbranched alkanes of at least 4 members (excludes halogenated alkanes) is 5. The molecule has 2 rings (SSSR count). The topological polar surface area (TPSA) is 41.6 Å². The van der Waals surface area contributed by atoms with Crippen molar-refractivity contribution in [1.29, 1.82) is 0 Å². The minimum atomic E-state index is -0.321. The lowest BCUT2D eigenvalue weighted by molar-refractivity contribution is 0.0105. The van der Waals surface area contributed by atoms with Gasteiger partial charge in [-0.2, -0.15) is 5.06 Å². The normalized spacial score (nSPS) is 13.8. The van der Waals surface area contributed by atoms with Gasteiger partial charge in [0.2, 0.25) is 0 Å². The minimum Gasteiger partial charge on any atom is -0.349 e. The number of nitrogens with one attached hydrogen (secondary N) is 1. The lowest BCUT2D eigenvalue weighted by Crippen LogP contribution is -2.25. The Hall–Kier alpha value is -1.59. The molecule has 0 saturated heterocycles. The third kappa shape index (κ3) is 7.04. The summed E-state index contributed by atoms with van der Waals surface area (Å²) in [4.78, 5) is 17.6. The number of nitrogens with zero attached hydrogens (tertiary/aromatic N) is 1. The molecule has 1 aromatic carbocycles. The second kappa shape index (κ2) is 11.1. The van der Waals surface area contributed by atoms with E-state index in [1.54, 1.807) is 12.4 Å². The Morgan fingerprint density at radius 1 is 1.16 bits per heavy atom. The summed E-state index contributed by atoms with van der Waals surface area (Å²) in [6.45, 7) is 2.21. The van der Waals surface area contributed by atoms with E-state index in [1.165, 1.54) is 42.5 Å². The van der Waals surface area contributed by atoms with Gasteiger partial charge >= 0.3 is 5.30 Å². The molecule has 0 fully saturated rings. The van der Waals surface area contributed by atoms with Crippen LogP contribution in [0.1, 0.15) is 51.0 Å². The lowest BCUT2D eigenvalue weighted by atomic mass is 10.1. The lowest BCUT2D eigenvalue weighted by Gasteiger charge is -2.25. The summed E-state index contributed by atoms with van der Waals surface area (Å²) >= 11 is 7.21. The van der Waals surface area contributed by atoms with E-state index in [2.05, 4.69) is 12.2 Å². The molecule has 0 amide bonds. The standard InChI is InChI=1S/C19H25ClN2O2S/c1-2-3-4-5-6-10-13-25-19(23)24-22-15-18(20)21-14-17(22)16-11-8-7-9-12-16/h7-9,11-12,14-15,21H,2-6,10,13H2,1H3. The Bertz CT molecular complexity index is 605. The molecule has 136 valence electrons. The summed E-state index contributed by atoms with van der Waals surface area (Å²) < 4.78 is 0. The van der Waals surface area contributed by atoms with Crippen LogP contribution in [-0.2, 0) is 4.84 Å². The van der Waals surface area contributed by atoms with Gasteiger partial charge in [-0.15, -0.1) is 0 Å². The van der Waals surface area contributed by atoms with Crippen molar-refractivity contribution < 1.29 is 9.63 Å². The van der Waals surface area contributed by atoms with Crippen molar-refractivity contribution in [2.45, 2.75) is 45.4 Å². The number of rotatable bonds is 9. The summed E-state index contributed by atoms with van der Waals surface area (Å²) in [5.74, 6) is 0.777. The molecule has 0 atom stereocenters. The smallest absolute Gasteiger partial charge is 0.349 e. The maximum absolute atomic E-state index is 12.1. The van der Waals surface area contributed by atoms with Crippen molar-refractivity contribution in [1.82, 2.24) is 10.4 Å². The molecule has 0 saturated carbocycles. The Kier molecular flexibility index (Phi) is 8.77. The second-order valence-electron chi connectivity index (χ2n) is 5.80. The fraction of sp³-hybridized carbons (Fsp3) is 0.421. The molecule has 0 bridgehead atoms. The van der Waals surface area contributed by atoms with Gasteiger partial charge in [0.05, 0.1) is 6.20 Å². The van der Waals surface area contributed by atoms with Crippen molar-refractivity contribution in [3.05, 3.63) is 53.5 Å². The van der Waals surface area contributed by atoms with E-state index in [-0.39, 0.29) is 5.30 Å². The van der Waals surface area contributed by atoms with Crippen LogP contribution in [0.15, 0.2) is 47.9 Å². The number of halogens is 1. The first-order valence-electron chi connectivity index (χ1n) is 8.74. The van der Waals surface area contributed by atoms with Gasteiger partial charge < -0.3 is 10.2 Å². The number of carbonyl (C=O) groups excluding carboxylic acids is 1. The van der Waals surface area contributed by atoms with Gasteiger partial charge in [-0.1, -0.05) is 81.0 Å². The maximum atomic E-state index is 12.1. The zero-order valence-electron chi connectivity index (χ0n) is 14.5. The van der Waals surface area contributed by atoms with Crippen molar-refractivity contribution in [2.75, 3.05) is 5.75 Å². The fourth-order valence-electron chi connectivity index (χ4n) is 2.45. The summed E-state index contributed by atoms with van der Waals surface area (Å²) in [7, 11) is 0. The fourth-order valence-corrected chi connectivity index (χ4v) is 3.24. The van der Waals surface area contributed by atoms with Crippen molar-refractivity contribution >= 4 is 34.4 Å². The Labute approximate surface area is 159 Å². The molecule has 1 N–H and O–H groups in total. The van der Waals surface area contributed by atoms with Crippen LogP contribution < -0.4 is 5.32 Å². The third-order valence-corrected chi connectivity index (χ3v) is 4.78. The quantitative estimate of drug-likeness (QED) is 0.415. The molecule has 0 aromatic heterocycles. The Morgan fingerprint density at radius 3 is 2.64 bits per heavy atom. The summed E-state index contributed by atoms with van der Waals surface area (Å²) in [5, 5.41) is 4.43. The highest BCUT2D eigenvalue weighted by Crippen LogP contribution is 2.25. The first kappa shape index (κ1) is 19.7. The molecule has 0 radical (unpaired) electrons.